The van der Waals surface area contributed by atoms with E-state index in [0.717, 1.165) is 5.56 Å². The van der Waals surface area contributed by atoms with Crippen LogP contribution in [0.5, 0.6) is 0 Å². The highest BCUT2D eigenvalue weighted by Gasteiger charge is 2.14. The number of rotatable bonds is 3. The lowest BCUT2D eigenvalue weighted by atomic mass is 10.2. The Hall–Kier alpha value is -1.78. The third-order valence-corrected chi connectivity index (χ3v) is 2.22. The average molecular weight is 223 g/mol. The van der Waals surface area contributed by atoms with Crippen LogP contribution in [0.4, 0.5) is 8.78 Å². The minimum Gasteiger partial charge on any atom is -0.354 e. The van der Waals surface area contributed by atoms with E-state index in [2.05, 4.69) is 9.98 Å². The lowest BCUT2D eigenvalue weighted by Crippen LogP contribution is -2.22. The molecule has 0 aromatic carbocycles. The number of pyridine rings is 1. The maximum atomic E-state index is 12.4. The SMILES string of the molecule is FC(F)C1=CN(Cc2ccncc2)CN=C1. The van der Waals surface area contributed by atoms with E-state index in [0.29, 0.717) is 13.2 Å². The van der Waals surface area contributed by atoms with Gasteiger partial charge < -0.3 is 4.90 Å². The minimum atomic E-state index is -2.47. The van der Waals surface area contributed by atoms with Gasteiger partial charge in [-0.3, -0.25) is 9.98 Å². The summed E-state index contributed by atoms with van der Waals surface area (Å²) in [4.78, 5) is 9.54. The third kappa shape index (κ3) is 2.62. The summed E-state index contributed by atoms with van der Waals surface area (Å²) >= 11 is 0. The third-order valence-electron chi connectivity index (χ3n) is 2.22. The smallest absolute Gasteiger partial charge is 0.266 e. The molecule has 0 saturated heterocycles. The Morgan fingerprint density at radius 2 is 2.06 bits per heavy atom. The topological polar surface area (TPSA) is 28.5 Å². The Morgan fingerprint density at radius 1 is 1.31 bits per heavy atom. The number of hydrogen-bond acceptors (Lipinski definition) is 3. The largest absolute Gasteiger partial charge is 0.354 e. The first-order valence-electron chi connectivity index (χ1n) is 4.88. The standard InChI is InChI=1S/C11H11F2N3/c12-11(13)10-5-15-8-16(7-10)6-9-1-3-14-4-2-9/h1-5,7,11H,6,8H2. The Labute approximate surface area is 92.1 Å². The lowest BCUT2D eigenvalue weighted by molar-refractivity contribution is 0.192. The second kappa shape index (κ2) is 4.83. The van der Waals surface area contributed by atoms with Crippen LogP contribution in [-0.4, -0.2) is 29.2 Å². The van der Waals surface area contributed by atoms with Crippen molar-refractivity contribution in [2.24, 2.45) is 4.99 Å². The summed E-state index contributed by atoms with van der Waals surface area (Å²) in [7, 11) is 0. The molecule has 1 aliphatic heterocycles. The molecular weight excluding hydrogens is 212 g/mol. The predicted molar refractivity (Wildman–Crippen MR) is 57.2 cm³/mol. The van der Waals surface area contributed by atoms with Crippen LogP contribution in [0.15, 0.2) is 41.3 Å². The highest BCUT2D eigenvalue weighted by atomic mass is 19.3. The van der Waals surface area contributed by atoms with Crippen molar-refractivity contribution in [1.82, 2.24) is 9.88 Å². The average Bonchev–Trinajstić information content (AvgIpc) is 2.30. The first-order chi connectivity index (χ1) is 7.75. The van der Waals surface area contributed by atoms with Crippen molar-refractivity contribution in [2.75, 3.05) is 6.67 Å². The van der Waals surface area contributed by atoms with Crippen LogP contribution in [0, 0.1) is 0 Å². The van der Waals surface area contributed by atoms with E-state index < -0.39 is 6.43 Å². The van der Waals surface area contributed by atoms with Crippen LogP contribution in [0.2, 0.25) is 0 Å². The van der Waals surface area contributed by atoms with Crippen molar-refractivity contribution in [3.05, 3.63) is 41.9 Å². The molecule has 3 nitrogen and oxygen atoms in total. The van der Waals surface area contributed by atoms with Gasteiger partial charge in [0.25, 0.3) is 6.43 Å². The maximum absolute atomic E-state index is 12.4. The molecule has 0 aliphatic carbocycles. The molecule has 84 valence electrons. The summed E-state index contributed by atoms with van der Waals surface area (Å²) in [6, 6.07) is 3.71. The molecule has 0 radical (unpaired) electrons. The summed E-state index contributed by atoms with van der Waals surface area (Å²) in [6.45, 7) is 0.981. The molecule has 0 atom stereocenters. The van der Waals surface area contributed by atoms with Gasteiger partial charge in [-0.15, -0.1) is 0 Å². The van der Waals surface area contributed by atoms with Gasteiger partial charge in [-0.25, -0.2) is 8.78 Å². The summed E-state index contributed by atoms with van der Waals surface area (Å²) in [5.74, 6) is 0. The normalized spacial score (nSPS) is 15.4. The molecule has 16 heavy (non-hydrogen) atoms. The van der Waals surface area contributed by atoms with Gasteiger partial charge in [0.2, 0.25) is 0 Å². The van der Waals surface area contributed by atoms with E-state index >= 15 is 0 Å². The quantitative estimate of drug-likeness (QED) is 0.784. The zero-order chi connectivity index (χ0) is 11.4. The number of allylic oxidation sites excluding steroid dienone is 1. The number of nitrogens with zero attached hydrogens (tertiary/aromatic N) is 3. The first-order valence-corrected chi connectivity index (χ1v) is 4.88. The fourth-order valence-corrected chi connectivity index (χ4v) is 1.47. The molecule has 2 heterocycles. The predicted octanol–water partition coefficient (Wildman–Crippen LogP) is 2.07. The Bertz CT molecular complexity index is 401. The van der Waals surface area contributed by atoms with Crippen LogP contribution < -0.4 is 0 Å². The van der Waals surface area contributed by atoms with Gasteiger partial charge >= 0.3 is 0 Å². The number of halogens is 2. The van der Waals surface area contributed by atoms with Crippen molar-refractivity contribution in [3.8, 4) is 0 Å². The van der Waals surface area contributed by atoms with Gasteiger partial charge in [-0.2, -0.15) is 0 Å². The highest BCUT2D eigenvalue weighted by Crippen LogP contribution is 2.13. The van der Waals surface area contributed by atoms with Crippen molar-refractivity contribution in [3.63, 3.8) is 0 Å². The monoisotopic (exact) mass is 223 g/mol. The number of aromatic nitrogens is 1. The molecule has 0 fully saturated rings. The molecule has 1 aromatic heterocycles. The molecular formula is C11H11F2N3. The fraction of sp³-hybridized carbons (Fsp3) is 0.273. The van der Waals surface area contributed by atoms with Crippen LogP contribution in [0.1, 0.15) is 5.56 Å². The van der Waals surface area contributed by atoms with E-state index in [-0.39, 0.29) is 5.57 Å². The van der Waals surface area contributed by atoms with E-state index in [4.69, 9.17) is 0 Å². The number of hydrogen-bond donors (Lipinski definition) is 0. The van der Waals surface area contributed by atoms with Gasteiger partial charge in [0.05, 0.1) is 5.57 Å². The van der Waals surface area contributed by atoms with Gasteiger partial charge in [0.15, 0.2) is 0 Å². The summed E-state index contributed by atoms with van der Waals surface area (Å²) in [6.07, 6.45) is 3.58. The van der Waals surface area contributed by atoms with Gasteiger partial charge in [0.1, 0.15) is 6.67 Å². The molecule has 1 aromatic rings. The molecule has 0 spiro atoms. The van der Waals surface area contributed by atoms with Crippen molar-refractivity contribution in [2.45, 2.75) is 13.0 Å². The molecule has 0 bridgehead atoms. The zero-order valence-corrected chi connectivity index (χ0v) is 8.55. The van der Waals surface area contributed by atoms with Crippen LogP contribution in [-0.2, 0) is 6.54 Å². The molecule has 0 unspecified atom stereocenters. The molecule has 0 amide bonds. The van der Waals surface area contributed by atoms with Crippen LogP contribution in [0.3, 0.4) is 0 Å². The zero-order valence-electron chi connectivity index (χ0n) is 8.55. The van der Waals surface area contributed by atoms with Crippen molar-refractivity contribution in [1.29, 1.82) is 0 Å². The Kier molecular flexibility index (Phi) is 3.24. The Balaban J connectivity index is 2.04. The number of alkyl halides is 2. The first kappa shape index (κ1) is 10.7. The maximum Gasteiger partial charge on any atom is 0.266 e. The summed E-state index contributed by atoms with van der Waals surface area (Å²) in [5.41, 5.74) is 0.984. The molecule has 1 aliphatic rings. The van der Waals surface area contributed by atoms with Crippen molar-refractivity contribution < 1.29 is 8.78 Å². The second-order valence-electron chi connectivity index (χ2n) is 3.49. The van der Waals surface area contributed by atoms with Gasteiger partial charge in [-0.05, 0) is 17.7 Å². The summed E-state index contributed by atoms with van der Waals surface area (Å²) < 4.78 is 24.9. The molecule has 2 rings (SSSR count). The summed E-state index contributed by atoms with van der Waals surface area (Å²) in [5, 5.41) is 0. The highest BCUT2D eigenvalue weighted by molar-refractivity contribution is 5.79. The van der Waals surface area contributed by atoms with Gasteiger partial charge in [-0.1, -0.05) is 0 Å². The lowest BCUT2D eigenvalue weighted by Gasteiger charge is -2.22. The van der Waals surface area contributed by atoms with E-state index in [1.165, 1.54) is 12.4 Å². The molecule has 5 heteroatoms. The second-order valence-corrected chi connectivity index (χ2v) is 3.49. The van der Waals surface area contributed by atoms with E-state index in [1.54, 1.807) is 17.3 Å². The van der Waals surface area contributed by atoms with Crippen LogP contribution in [0.25, 0.3) is 0 Å². The van der Waals surface area contributed by atoms with E-state index in [1.807, 2.05) is 12.1 Å². The molecule has 0 saturated carbocycles. The van der Waals surface area contributed by atoms with Crippen molar-refractivity contribution >= 4 is 6.21 Å². The molecule has 0 N–H and O–H groups in total. The van der Waals surface area contributed by atoms with Crippen LogP contribution >= 0.6 is 0 Å². The fourth-order valence-electron chi connectivity index (χ4n) is 1.47. The van der Waals surface area contributed by atoms with E-state index in [9.17, 15) is 8.78 Å². The Morgan fingerprint density at radius 3 is 2.75 bits per heavy atom. The number of aliphatic imine (C=N–C) groups is 1. The minimum absolute atomic E-state index is 0.0414. The van der Waals surface area contributed by atoms with Gasteiger partial charge in [0, 0.05) is 31.4 Å².